The first-order chi connectivity index (χ1) is 12.6. The molecule has 0 atom stereocenters. The van der Waals surface area contributed by atoms with Crippen LogP contribution in [0.1, 0.15) is 5.56 Å². The van der Waals surface area contributed by atoms with Crippen LogP contribution >= 0.6 is 0 Å². The minimum atomic E-state index is -0.707. The second-order valence-corrected chi connectivity index (χ2v) is 5.90. The molecular weight excluding hydrogens is 340 g/mol. The fourth-order valence-corrected chi connectivity index (χ4v) is 2.82. The molecule has 0 spiro atoms. The van der Waals surface area contributed by atoms with Crippen molar-refractivity contribution in [1.29, 1.82) is 0 Å². The van der Waals surface area contributed by atoms with Crippen molar-refractivity contribution in [2.45, 2.75) is 6.54 Å². The van der Waals surface area contributed by atoms with E-state index in [1.165, 1.54) is 18.3 Å². The lowest BCUT2D eigenvalue weighted by molar-refractivity contribution is 0.582. The van der Waals surface area contributed by atoms with Gasteiger partial charge in [0.1, 0.15) is 28.4 Å². The normalized spacial score (nSPS) is 11.4. The number of H-pyrrole nitrogens is 1. The summed E-state index contributed by atoms with van der Waals surface area (Å²) in [5.74, 6) is -1.45. The van der Waals surface area contributed by atoms with Crippen molar-refractivity contribution >= 4 is 11.0 Å². The van der Waals surface area contributed by atoms with Crippen molar-refractivity contribution in [2.24, 2.45) is 7.05 Å². The zero-order valence-corrected chi connectivity index (χ0v) is 14.1. The van der Waals surface area contributed by atoms with Gasteiger partial charge in [0, 0.05) is 25.4 Å². The molecule has 0 radical (unpaired) electrons. The number of halogens is 2. The topological polar surface area (TPSA) is 84.3 Å². The maximum Gasteiger partial charge on any atom is 0.165 e. The predicted octanol–water partition coefficient (Wildman–Crippen LogP) is 2.42. The van der Waals surface area contributed by atoms with Crippen LogP contribution < -0.4 is 5.32 Å². The number of nitrogens with one attached hydrogen (secondary N) is 2. The third-order valence-corrected chi connectivity index (χ3v) is 3.99. The Bertz CT molecular complexity index is 1080. The zero-order chi connectivity index (χ0) is 18.3. The van der Waals surface area contributed by atoms with E-state index in [2.05, 4.69) is 30.6 Å². The fourth-order valence-electron chi connectivity index (χ4n) is 2.82. The van der Waals surface area contributed by atoms with Crippen molar-refractivity contribution in [2.75, 3.05) is 7.05 Å². The van der Waals surface area contributed by atoms with Gasteiger partial charge in [-0.2, -0.15) is 10.2 Å². The SMILES string of the molecule is CNCc1cc(F)c(-c2ncc3[nH]nc(-c4cnn(C)c4)c3n2)c(F)c1. The van der Waals surface area contributed by atoms with Gasteiger partial charge in [0.25, 0.3) is 0 Å². The summed E-state index contributed by atoms with van der Waals surface area (Å²) in [6.07, 6.45) is 4.89. The molecular formula is C17H15F2N7. The lowest BCUT2D eigenvalue weighted by Gasteiger charge is -2.07. The second kappa shape index (κ2) is 6.26. The Hall–Kier alpha value is -3.20. The van der Waals surface area contributed by atoms with Gasteiger partial charge in [-0.15, -0.1) is 0 Å². The molecule has 2 N–H and O–H groups in total. The van der Waals surface area contributed by atoms with E-state index in [0.29, 0.717) is 28.8 Å². The Balaban J connectivity index is 1.86. The second-order valence-electron chi connectivity index (χ2n) is 5.90. The highest BCUT2D eigenvalue weighted by atomic mass is 19.1. The summed E-state index contributed by atoms with van der Waals surface area (Å²) in [4.78, 5) is 8.44. The van der Waals surface area contributed by atoms with Gasteiger partial charge in [-0.3, -0.25) is 9.78 Å². The zero-order valence-electron chi connectivity index (χ0n) is 14.1. The number of aromatic nitrogens is 6. The third kappa shape index (κ3) is 2.72. The minimum Gasteiger partial charge on any atom is -0.316 e. The van der Waals surface area contributed by atoms with Crippen LogP contribution in [0, 0.1) is 11.6 Å². The molecule has 26 heavy (non-hydrogen) atoms. The lowest BCUT2D eigenvalue weighted by atomic mass is 10.1. The summed E-state index contributed by atoms with van der Waals surface area (Å²) in [6, 6.07) is 2.56. The van der Waals surface area contributed by atoms with E-state index in [-0.39, 0.29) is 11.4 Å². The first-order valence-corrected chi connectivity index (χ1v) is 7.90. The summed E-state index contributed by atoms with van der Waals surface area (Å²) < 4.78 is 30.6. The molecule has 0 saturated heterocycles. The molecule has 1 aromatic carbocycles. The third-order valence-electron chi connectivity index (χ3n) is 3.99. The number of aromatic amines is 1. The lowest BCUT2D eigenvalue weighted by Crippen LogP contribution is -2.07. The average molecular weight is 355 g/mol. The van der Waals surface area contributed by atoms with Gasteiger partial charge in [-0.25, -0.2) is 18.7 Å². The van der Waals surface area contributed by atoms with Crippen molar-refractivity contribution in [3.63, 3.8) is 0 Å². The molecule has 0 aliphatic heterocycles. The highest BCUT2D eigenvalue weighted by molar-refractivity contribution is 5.89. The molecule has 9 heteroatoms. The minimum absolute atomic E-state index is 0.0324. The highest BCUT2D eigenvalue weighted by Crippen LogP contribution is 2.29. The molecule has 0 unspecified atom stereocenters. The number of hydrogen-bond acceptors (Lipinski definition) is 5. The van der Waals surface area contributed by atoms with Crippen LogP contribution in [0.25, 0.3) is 33.7 Å². The van der Waals surface area contributed by atoms with Crippen LogP contribution in [0.4, 0.5) is 8.78 Å². The maximum atomic E-state index is 14.5. The summed E-state index contributed by atoms with van der Waals surface area (Å²) in [5, 5.41) is 14.0. The number of fused-ring (bicyclic) bond motifs is 1. The molecule has 0 aliphatic carbocycles. The van der Waals surface area contributed by atoms with Crippen LogP contribution in [0.15, 0.2) is 30.7 Å². The van der Waals surface area contributed by atoms with Gasteiger partial charge in [0.15, 0.2) is 5.82 Å². The fraction of sp³-hybridized carbons (Fsp3) is 0.176. The Morgan fingerprint density at radius 3 is 2.62 bits per heavy atom. The van der Waals surface area contributed by atoms with Gasteiger partial charge in [-0.05, 0) is 24.7 Å². The van der Waals surface area contributed by atoms with E-state index in [0.717, 1.165) is 5.56 Å². The molecule has 3 aromatic heterocycles. The molecule has 0 fully saturated rings. The Morgan fingerprint density at radius 1 is 1.19 bits per heavy atom. The number of hydrogen-bond donors (Lipinski definition) is 2. The average Bonchev–Trinajstić information content (AvgIpc) is 3.20. The first kappa shape index (κ1) is 16.3. The Labute approximate surface area is 147 Å². The summed E-state index contributed by atoms with van der Waals surface area (Å²) in [7, 11) is 3.50. The molecule has 4 aromatic rings. The van der Waals surface area contributed by atoms with Crippen molar-refractivity contribution in [3.8, 4) is 22.6 Å². The van der Waals surface area contributed by atoms with E-state index in [1.807, 2.05) is 0 Å². The summed E-state index contributed by atoms with van der Waals surface area (Å²) >= 11 is 0. The Kier molecular flexibility index (Phi) is 3.92. The molecule has 132 valence electrons. The van der Waals surface area contributed by atoms with Crippen LogP contribution in [0.5, 0.6) is 0 Å². The van der Waals surface area contributed by atoms with E-state index in [4.69, 9.17) is 0 Å². The van der Waals surface area contributed by atoms with Gasteiger partial charge in [0.2, 0.25) is 0 Å². The number of aryl methyl sites for hydroxylation is 1. The van der Waals surface area contributed by atoms with Gasteiger partial charge in [0.05, 0.1) is 18.0 Å². The van der Waals surface area contributed by atoms with Crippen molar-refractivity contribution in [3.05, 3.63) is 47.9 Å². The number of nitrogens with zero attached hydrogens (tertiary/aromatic N) is 5. The molecule has 0 aliphatic rings. The standard InChI is InChI=1S/C17H15F2N7/c1-20-5-9-3-11(18)14(12(19)4-9)17-21-7-13-16(23-17)15(25-24-13)10-6-22-26(2)8-10/h3-4,6-8,20H,5H2,1-2H3,(H,24,25). The largest absolute Gasteiger partial charge is 0.316 e. The van der Waals surface area contributed by atoms with Crippen molar-refractivity contribution < 1.29 is 8.78 Å². The van der Waals surface area contributed by atoms with Crippen LogP contribution in [-0.2, 0) is 13.6 Å². The monoisotopic (exact) mass is 355 g/mol. The molecule has 7 nitrogen and oxygen atoms in total. The smallest absolute Gasteiger partial charge is 0.165 e. The van der Waals surface area contributed by atoms with Crippen molar-refractivity contribution in [1.82, 2.24) is 35.3 Å². The van der Waals surface area contributed by atoms with Gasteiger partial charge < -0.3 is 5.32 Å². The van der Waals surface area contributed by atoms with E-state index < -0.39 is 11.6 Å². The van der Waals surface area contributed by atoms with E-state index in [9.17, 15) is 8.78 Å². The maximum absolute atomic E-state index is 14.5. The van der Waals surface area contributed by atoms with Crippen LogP contribution in [0.2, 0.25) is 0 Å². The molecule has 4 rings (SSSR count). The molecule has 0 amide bonds. The van der Waals surface area contributed by atoms with Crippen LogP contribution in [-0.4, -0.2) is 37.0 Å². The summed E-state index contributed by atoms with van der Waals surface area (Å²) in [5.41, 5.74) is 2.58. The molecule has 0 saturated carbocycles. The van der Waals surface area contributed by atoms with E-state index in [1.54, 1.807) is 31.2 Å². The molecule has 0 bridgehead atoms. The predicted molar refractivity (Wildman–Crippen MR) is 92.0 cm³/mol. The summed E-state index contributed by atoms with van der Waals surface area (Å²) in [6.45, 7) is 0.362. The van der Waals surface area contributed by atoms with Gasteiger partial charge in [-0.1, -0.05) is 0 Å². The quantitative estimate of drug-likeness (QED) is 0.587. The van der Waals surface area contributed by atoms with Gasteiger partial charge >= 0.3 is 0 Å². The number of rotatable bonds is 4. The molecule has 3 heterocycles. The van der Waals surface area contributed by atoms with E-state index >= 15 is 0 Å². The highest BCUT2D eigenvalue weighted by Gasteiger charge is 2.19. The number of benzene rings is 1. The first-order valence-electron chi connectivity index (χ1n) is 7.90. The Morgan fingerprint density at radius 2 is 1.96 bits per heavy atom. The van der Waals surface area contributed by atoms with Crippen LogP contribution in [0.3, 0.4) is 0 Å².